The van der Waals surface area contributed by atoms with Gasteiger partial charge in [-0.3, -0.25) is 14.4 Å². The molecule has 1 atom stereocenters. The molecule has 5 rings (SSSR count). The predicted octanol–water partition coefficient (Wildman–Crippen LogP) is 7.66. The highest BCUT2D eigenvalue weighted by molar-refractivity contribution is 6.31. The van der Waals surface area contributed by atoms with E-state index in [9.17, 15) is 19.2 Å². The SMILES string of the molecule is CNCC(=O)Nc1ccc(COC(=O)NCCCN(C(=O)c2ccc(C)cc2)C(c2oc3cc(Cl)ccc3c(=O)c2Cc2ccccc2)C(C)C)cc1. The summed E-state index contributed by atoms with van der Waals surface area (Å²) in [4.78, 5) is 54.8. The van der Waals surface area contributed by atoms with Gasteiger partial charge >= 0.3 is 6.09 Å². The molecule has 5 aromatic rings. The van der Waals surface area contributed by atoms with Crippen LogP contribution in [0.4, 0.5) is 10.5 Å². The van der Waals surface area contributed by atoms with E-state index in [1.54, 1.807) is 66.5 Å². The van der Waals surface area contributed by atoms with Crippen molar-refractivity contribution in [3.05, 3.63) is 146 Å². The van der Waals surface area contributed by atoms with Crippen molar-refractivity contribution in [3.8, 4) is 0 Å². The molecule has 276 valence electrons. The predicted molar refractivity (Wildman–Crippen MR) is 208 cm³/mol. The molecule has 10 nitrogen and oxygen atoms in total. The van der Waals surface area contributed by atoms with Crippen molar-refractivity contribution in [1.29, 1.82) is 0 Å². The molecule has 0 spiro atoms. The number of nitrogens with one attached hydrogen (secondary N) is 3. The van der Waals surface area contributed by atoms with E-state index in [1.165, 1.54) is 0 Å². The van der Waals surface area contributed by atoms with Crippen LogP contribution in [0.5, 0.6) is 0 Å². The molecule has 4 aromatic carbocycles. The number of nitrogens with zero attached hydrogens (tertiary/aromatic N) is 1. The van der Waals surface area contributed by atoms with Crippen LogP contribution in [0, 0.1) is 12.8 Å². The largest absolute Gasteiger partial charge is 0.458 e. The molecule has 0 aliphatic rings. The van der Waals surface area contributed by atoms with E-state index in [1.807, 2.05) is 63.2 Å². The fourth-order valence-electron chi connectivity index (χ4n) is 6.15. The molecular weight excluding hydrogens is 692 g/mol. The Morgan fingerprint density at radius 2 is 1.62 bits per heavy atom. The fourth-order valence-corrected chi connectivity index (χ4v) is 6.31. The number of hydrogen-bond acceptors (Lipinski definition) is 7. The Morgan fingerprint density at radius 1 is 0.906 bits per heavy atom. The Kier molecular flexibility index (Phi) is 13.4. The number of carbonyl (C=O) groups excluding carboxylic acids is 3. The maximum Gasteiger partial charge on any atom is 0.407 e. The fraction of sp³-hybridized carbons (Fsp3) is 0.286. The van der Waals surface area contributed by atoms with E-state index in [2.05, 4.69) is 16.0 Å². The number of halogens is 1. The first-order chi connectivity index (χ1) is 25.5. The number of alkyl carbamates (subject to hydrolysis) is 1. The highest BCUT2D eigenvalue weighted by Crippen LogP contribution is 2.35. The Balaban J connectivity index is 1.37. The molecule has 1 heterocycles. The van der Waals surface area contributed by atoms with E-state index in [-0.39, 0.29) is 49.4 Å². The van der Waals surface area contributed by atoms with Crippen molar-refractivity contribution in [2.75, 3.05) is 32.0 Å². The summed E-state index contributed by atoms with van der Waals surface area (Å²) in [6.45, 7) is 6.66. The van der Waals surface area contributed by atoms with Gasteiger partial charge in [-0.05, 0) is 73.8 Å². The second-order valence-corrected chi connectivity index (χ2v) is 13.7. The molecule has 1 unspecified atom stereocenters. The summed E-state index contributed by atoms with van der Waals surface area (Å²) in [5.74, 6) is -0.144. The average Bonchev–Trinajstić information content (AvgIpc) is 3.14. The number of carbonyl (C=O) groups is 3. The molecule has 0 radical (unpaired) electrons. The van der Waals surface area contributed by atoms with Gasteiger partial charge in [0, 0.05) is 47.4 Å². The number of amides is 3. The Morgan fingerprint density at radius 3 is 2.30 bits per heavy atom. The molecule has 11 heteroatoms. The van der Waals surface area contributed by atoms with Crippen molar-refractivity contribution in [2.45, 2.75) is 46.3 Å². The van der Waals surface area contributed by atoms with Crippen molar-refractivity contribution < 1.29 is 23.5 Å². The lowest BCUT2D eigenvalue weighted by molar-refractivity contribution is -0.115. The second-order valence-electron chi connectivity index (χ2n) is 13.3. The topological polar surface area (TPSA) is 130 Å². The summed E-state index contributed by atoms with van der Waals surface area (Å²) in [5.41, 5.74) is 4.49. The van der Waals surface area contributed by atoms with Gasteiger partial charge in [0.1, 0.15) is 18.0 Å². The molecule has 0 fully saturated rings. The molecule has 53 heavy (non-hydrogen) atoms. The molecular formula is C42H45ClN4O6. The minimum Gasteiger partial charge on any atom is -0.458 e. The van der Waals surface area contributed by atoms with Crippen molar-refractivity contribution >= 4 is 46.2 Å². The zero-order chi connectivity index (χ0) is 37.9. The van der Waals surface area contributed by atoms with Crippen LogP contribution in [0.3, 0.4) is 0 Å². The number of anilines is 1. The Bertz CT molecular complexity index is 2080. The third-order valence-corrected chi connectivity index (χ3v) is 9.02. The summed E-state index contributed by atoms with van der Waals surface area (Å²) in [6.07, 6.45) is 0.110. The van der Waals surface area contributed by atoms with Crippen LogP contribution >= 0.6 is 11.6 Å². The van der Waals surface area contributed by atoms with Crippen molar-refractivity contribution in [3.63, 3.8) is 0 Å². The van der Waals surface area contributed by atoms with Crippen LogP contribution in [0.15, 0.2) is 106 Å². The van der Waals surface area contributed by atoms with Crippen molar-refractivity contribution in [1.82, 2.24) is 15.5 Å². The molecule has 0 saturated carbocycles. The number of likely N-dealkylation sites (N-methyl/N-ethyl adjacent to an activating group) is 1. The van der Waals surface area contributed by atoms with Crippen molar-refractivity contribution in [2.24, 2.45) is 5.92 Å². The van der Waals surface area contributed by atoms with E-state index in [0.717, 1.165) is 16.7 Å². The maximum absolute atomic E-state index is 14.4. The summed E-state index contributed by atoms with van der Waals surface area (Å²) in [7, 11) is 1.70. The molecule has 3 N–H and O–H groups in total. The summed E-state index contributed by atoms with van der Waals surface area (Å²) < 4.78 is 12.0. The monoisotopic (exact) mass is 736 g/mol. The molecule has 0 aliphatic heterocycles. The van der Waals surface area contributed by atoms with Gasteiger partial charge in [0.2, 0.25) is 5.91 Å². The minimum atomic E-state index is -0.628. The number of fused-ring (bicyclic) bond motifs is 1. The number of ether oxygens (including phenoxy) is 1. The van der Waals surface area contributed by atoms with Crippen LogP contribution in [-0.2, 0) is 22.6 Å². The highest BCUT2D eigenvalue weighted by Gasteiger charge is 2.34. The van der Waals surface area contributed by atoms with Gasteiger partial charge in [0.05, 0.1) is 18.0 Å². The molecule has 0 bridgehead atoms. The molecule has 1 aromatic heterocycles. The van der Waals surface area contributed by atoms with Gasteiger partial charge in [0.15, 0.2) is 5.43 Å². The first-order valence-corrected chi connectivity index (χ1v) is 18.0. The summed E-state index contributed by atoms with van der Waals surface area (Å²) >= 11 is 6.35. The zero-order valence-electron chi connectivity index (χ0n) is 30.4. The van der Waals surface area contributed by atoms with E-state index >= 15 is 0 Å². The lowest BCUT2D eigenvalue weighted by Crippen LogP contribution is -2.40. The first kappa shape index (κ1) is 38.8. The van der Waals surface area contributed by atoms with Gasteiger partial charge in [0.25, 0.3) is 5.91 Å². The third-order valence-electron chi connectivity index (χ3n) is 8.79. The molecule has 0 saturated heterocycles. The Hall–Kier alpha value is -5.45. The lowest BCUT2D eigenvalue weighted by Gasteiger charge is -2.35. The van der Waals surface area contributed by atoms with Gasteiger partial charge in [-0.25, -0.2) is 4.79 Å². The molecule has 3 amide bonds. The second kappa shape index (κ2) is 18.3. The van der Waals surface area contributed by atoms with Gasteiger partial charge in [-0.1, -0.05) is 85.6 Å². The number of benzene rings is 4. The number of aryl methyl sites for hydroxylation is 1. The van der Waals surface area contributed by atoms with Gasteiger partial charge in [-0.2, -0.15) is 0 Å². The quantitative estimate of drug-likeness (QED) is 0.0942. The van der Waals surface area contributed by atoms with Crippen LogP contribution in [-0.4, -0.2) is 49.5 Å². The third kappa shape index (κ3) is 10.3. The van der Waals surface area contributed by atoms with Crippen LogP contribution < -0.4 is 21.4 Å². The Labute approximate surface area is 314 Å². The van der Waals surface area contributed by atoms with E-state index < -0.39 is 12.1 Å². The standard InChI is InChI=1S/C42H45ClN4O6/c1-27(2)38(40-35(23-29-9-6-5-7-10-29)39(49)34-20-17-32(43)24-36(34)53-40)47(41(50)31-15-11-28(3)12-16-31)22-8-21-45-42(51)52-26-30-13-18-33(19-14-30)46-37(48)25-44-4/h5-7,9-20,24,27,38,44H,8,21-23,25-26H2,1-4H3,(H,45,51)(H,46,48). The zero-order valence-corrected chi connectivity index (χ0v) is 31.2. The summed E-state index contributed by atoms with van der Waals surface area (Å²) in [6, 6.07) is 28.4. The van der Waals surface area contributed by atoms with Crippen LogP contribution in [0.2, 0.25) is 5.02 Å². The minimum absolute atomic E-state index is 0.0409. The molecule has 0 aliphatic carbocycles. The first-order valence-electron chi connectivity index (χ1n) is 17.6. The van der Waals surface area contributed by atoms with Gasteiger partial charge in [-0.15, -0.1) is 0 Å². The van der Waals surface area contributed by atoms with Gasteiger partial charge < -0.3 is 30.0 Å². The smallest absolute Gasteiger partial charge is 0.407 e. The maximum atomic E-state index is 14.4. The van der Waals surface area contributed by atoms with Crippen LogP contribution in [0.1, 0.15) is 64.7 Å². The van der Waals surface area contributed by atoms with Crippen LogP contribution in [0.25, 0.3) is 11.0 Å². The van der Waals surface area contributed by atoms with E-state index in [0.29, 0.717) is 51.4 Å². The van der Waals surface area contributed by atoms with E-state index in [4.69, 9.17) is 20.8 Å². The number of rotatable bonds is 15. The highest BCUT2D eigenvalue weighted by atomic mass is 35.5. The summed E-state index contributed by atoms with van der Waals surface area (Å²) in [5, 5.41) is 9.20. The normalized spacial score (nSPS) is 11.7. The lowest BCUT2D eigenvalue weighted by atomic mass is 9.91. The average molecular weight is 737 g/mol. The number of hydrogen-bond donors (Lipinski definition) is 3.